The number of allylic oxidation sites excluding steroid dienone is 3. The number of hydrogen-bond acceptors (Lipinski definition) is 3. The molecule has 32 heavy (non-hydrogen) atoms. The van der Waals surface area contributed by atoms with Crippen molar-refractivity contribution in [3.8, 4) is 0 Å². The van der Waals surface area contributed by atoms with Crippen LogP contribution in [0.1, 0.15) is 62.8 Å². The van der Waals surface area contributed by atoms with Gasteiger partial charge in [-0.2, -0.15) is 0 Å². The van der Waals surface area contributed by atoms with Gasteiger partial charge in [-0.15, -0.1) is 0 Å². The van der Waals surface area contributed by atoms with E-state index in [-0.39, 0.29) is 0 Å². The van der Waals surface area contributed by atoms with Crippen molar-refractivity contribution in [3.05, 3.63) is 78.1 Å². The standard InChI is InChI=1S/C29H35N3/c1-5-22-15-21(4)16-26(17-22)32(20-23-11-9-8-10-12-23)25-13-14-27-28(18-25)31-29(19-30-27)24(6-2)7-3/h6-7,13-19,23H,2,5,8-12,20H2,1,3-4H3/b24-7+. The number of aryl methyl sites for hydroxylation is 2. The summed E-state index contributed by atoms with van der Waals surface area (Å²) in [5.41, 5.74) is 8.93. The quantitative estimate of drug-likeness (QED) is 0.361. The van der Waals surface area contributed by atoms with Crippen molar-refractivity contribution in [2.45, 2.75) is 59.3 Å². The Balaban J connectivity index is 1.78. The normalized spacial score (nSPS) is 15.2. The minimum Gasteiger partial charge on any atom is -0.341 e. The maximum atomic E-state index is 4.92. The third kappa shape index (κ3) is 4.93. The van der Waals surface area contributed by atoms with E-state index in [0.717, 1.165) is 41.2 Å². The third-order valence-corrected chi connectivity index (χ3v) is 6.67. The van der Waals surface area contributed by atoms with Crippen molar-refractivity contribution < 1.29 is 0 Å². The molecule has 1 aliphatic carbocycles. The van der Waals surface area contributed by atoms with Gasteiger partial charge in [-0.3, -0.25) is 4.98 Å². The molecule has 3 nitrogen and oxygen atoms in total. The minimum absolute atomic E-state index is 0.734. The van der Waals surface area contributed by atoms with Crippen LogP contribution in [0.2, 0.25) is 0 Å². The Morgan fingerprint density at radius 1 is 1.06 bits per heavy atom. The molecule has 3 aromatic rings. The highest BCUT2D eigenvalue weighted by Gasteiger charge is 2.20. The fourth-order valence-electron chi connectivity index (χ4n) is 4.87. The molecule has 0 spiro atoms. The molecule has 0 amide bonds. The van der Waals surface area contributed by atoms with Crippen LogP contribution in [0, 0.1) is 12.8 Å². The number of anilines is 2. The Bertz CT molecular complexity index is 1120. The van der Waals surface area contributed by atoms with Crippen molar-refractivity contribution in [1.29, 1.82) is 0 Å². The minimum atomic E-state index is 0.734. The van der Waals surface area contributed by atoms with Crippen LogP contribution < -0.4 is 4.90 Å². The SMILES string of the molecule is C=C/C(=C\C)c1cnc2ccc(N(CC3CCCCC3)c3cc(C)cc(CC)c3)cc2n1. The Kier molecular flexibility index (Phi) is 7.04. The smallest absolute Gasteiger partial charge is 0.0915 e. The highest BCUT2D eigenvalue weighted by atomic mass is 15.1. The summed E-state index contributed by atoms with van der Waals surface area (Å²) in [6.07, 6.45) is 13.5. The van der Waals surface area contributed by atoms with E-state index in [1.807, 2.05) is 25.3 Å². The molecule has 1 aromatic heterocycles. The molecule has 0 bridgehead atoms. The van der Waals surface area contributed by atoms with Crippen molar-refractivity contribution in [3.63, 3.8) is 0 Å². The van der Waals surface area contributed by atoms with E-state index in [2.05, 4.69) is 66.7 Å². The van der Waals surface area contributed by atoms with E-state index in [9.17, 15) is 0 Å². The van der Waals surface area contributed by atoms with E-state index in [4.69, 9.17) is 4.98 Å². The number of fused-ring (bicyclic) bond motifs is 1. The number of nitrogens with zero attached hydrogens (tertiary/aromatic N) is 3. The molecule has 1 aliphatic rings. The number of rotatable bonds is 7. The van der Waals surface area contributed by atoms with Gasteiger partial charge < -0.3 is 4.90 Å². The van der Waals surface area contributed by atoms with E-state index in [0.29, 0.717) is 0 Å². The van der Waals surface area contributed by atoms with Gasteiger partial charge in [0.2, 0.25) is 0 Å². The van der Waals surface area contributed by atoms with Crippen LogP contribution in [0.4, 0.5) is 11.4 Å². The monoisotopic (exact) mass is 425 g/mol. The molecule has 0 aliphatic heterocycles. The molecule has 1 heterocycles. The van der Waals surface area contributed by atoms with Gasteiger partial charge in [0, 0.05) is 17.9 Å². The molecule has 166 valence electrons. The molecule has 0 atom stereocenters. The van der Waals surface area contributed by atoms with Crippen LogP contribution in [-0.4, -0.2) is 16.5 Å². The number of aromatic nitrogens is 2. The molecule has 0 radical (unpaired) electrons. The lowest BCUT2D eigenvalue weighted by molar-refractivity contribution is 0.365. The molecular formula is C29H35N3. The Labute approximate surface area is 192 Å². The maximum absolute atomic E-state index is 4.92. The topological polar surface area (TPSA) is 29.0 Å². The van der Waals surface area contributed by atoms with Crippen LogP contribution in [-0.2, 0) is 6.42 Å². The van der Waals surface area contributed by atoms with Crippen molar-refractivity contribution in [1.82, 2.24) is 9.97 Å². The first-order chi connectivity index (χ1) is 15.6. The van der Waals surface area contributed by atoms with Crippen LogP contribution in [0.3, 0.4) is 0 Å². The molecule has 3 heteroatoms. The molecule has 2 aromatic carbocycles. The van der Waals surface area contributed by atoms with Crippen LogP contribution >= 0.6 is 0 Å². The summed E-state index contributed by atoms with van der Waals surface area (Å²) < 4.78 is 0. The van der Waals surface area contributed by atoms with Gasteiger partial charge in [0.15, 0.2) is 0 Å². The summed E-state index contributed by atoms with van der Waals surface area (Å²) in [6.45, 7) is 11.4. The van der Waals surface area contributed by atoms with Crippen molar-refractivity contribution in [2.24, 2.45) is 5.92 Å². The van der Waals surface area contributed by atoms with Gasteiger partial charge >= 0.3 is 0 Å². The fourth-order valence-corrected chi connectivity index (χ4v) is 4.87. The zero-order chi connectivity index (χ0) is 22.5. The zero-order valence-corrected chi connectivity index (χ0v) is 19.8. The van der Waals surface area contributed by atoms with Crippen LogP contribution in [0.5, 0.6) is 0 Å². The van der Waals surface area contributed by atoms with Gasteiger partial charge in [-0.05, 0) is 86.1 Å². The Morgan fingerprint density at radius 2 is 1.88 bits per heavy atom. The lowest BCUT2D eigenvalue weighted by Gasteiger charge is -2.32. The lowest BCUT2D eigenvalue weighted by atomic mass is 9.88. The van der Waals surface area contributed by atoms with Crippen LogP contribution in [0.15, 0.2) is 61.3 Å². The lowest BCUT2D eigenvalue weighted by Crippen LogP contribution is -2.26. The molecule has 0 N–H and O–H groups in total. The first kappa shape index (κ1) is 22.3. The summed E-state index contributed by atoms with van der Waals surface area (Å²) in [5, 5.41) is 0. The van der Waals surface area contributed by atoms with Gasteiger partial charge in [0.1, 0.15) is 0 Å². The number of hydrogen-bond donors (Lipinski definition) is 0. The summed E-state index contributed by atoms with van der Waals surface area (Å²) in [7, 11) is 0. The fraction of sp³-hybridized carbons (Fsp3) is 0.379. The molecule has 0 saturated heterocycles. The van der Waals surface area contributed by atoms with Crippen molar-refractivity contribution in [2.75, 3.05) is 11.4 Å². The molecule has 1 saturated carbocycles. The highest BCUT2D eigenvalue weighted by Crippen LogP contribution is 2.34. The van der Waals surface area contributed by atoms with Crippen LogP contribution in [0.25, 0.3) is 16.6 Å². The first-order valence-electron chi connectivity index (χ1n) is 12.0. The molecular weight excluding hydrogens is 390 g/mol. The zero-order valence-electron chi connectivity index (χ0n) is 19.8. The van der Waals surface area contributed by atoms with Gasteiger partial charge in [-0.25, -0.2) is 4.98 Å². The van der Waals surface area contributed by atoms with Gasteiger partial charge in [0.05, 0.1) is 22.9 Å². The summed E-state index contributed by atoms with van der Waals surface area (Å²) >= 11 is 0. The average molecular weight is 426 g/mol. The predicted molar refractivity (Wildman–Crippen MR) is 138 cm³/mol. The largest absolute Gasteiger partial charge is 0.341 e. The summed E-state index contributed by atoms with van der Waals surface area (Å²) in [6, 6.07) is 13.5. The van der Waals surface area contributed by atoms with E-state index < -0.39 is 0 Å². The maximum Gasteiger partial charge on any atom is 0.0915 e. The second kappa shape index (κ2) is 10.1. The van der Waals surface area contributed by atoms with E-state index in [1.54, 1.807) is 0 Å². The predicted octanol–water partition coefficient (Wildman–Crippen LogP) is 7.81. The van der Waals surface area contributed by atoms with Gasteiger partial charge in [0.25, 0.3) is 0 Å². The second-order valence-corrected chi connectivity index (χ2v) is 9.02. The summed E-state index contributed by atoms with van der Waals surface area (Å²) in [5.74, 6) is 0.734. The second-order valence-electron chi connectivity index (χ2n) is 9.02. The first-order valence-corrected chi connectivity index (χ1v) is 12.0. The van der Waals surface area contributed by atoms with E-state index in [1.165, 1.54) is 54.6 Å². The highest BCUT2D eigenvalue weighted by molar-refractivity contribution is 5.83. The third-order valence-electron chi connectivity index (χ3n) is 6.67. The Morgan fingerprint density at radius 3 is 2.59 bits per heavy atom. The molecule has 0 unspecified atom stereocenters. The average Bonchev–Trinajstić information content (AvgIpc) is 2.83. The molecule has 1 fully saturated rings. The van der Waals surface area contributed by atoms with Crippen molar-refractivity contribution >= 4 is 28.0 Å². The Hall–Kier alpha value is -2.94. The van der Waals surface area contributed by atoms with E-state index >= 15 is 0 Å². The van der Waals surface area contributed by atoms with Gasteiger partial charge in [-0.1, -0.05) is 51.0 Å². The summed E-state index contributed by atoms with van der Waals surface area (Å²) in [4.78, 5) is 12.1. The number of benzene rings is 2. The molecule has 4 rings (SSSR count).